The zero-order valence-corrected chi connectivity index (χ0v) is 18.3. The molecule has 2 aromatic heterocycles. The molecule has 2 aromatic carbocycles. The highest BCUT2D eigenvalue weighted by Crippen LogP contribution is 2.33. The van der Waals surface area contributed by atoms with Crippen LogP contribution in [-0.2, 0) is 0 Å². The summed E-state index contributed by atoms with van der Waals surface area (Å²) in [6, 6.07) is 11.9. The van der Waals surface area contributed by atoms with Crippen molar-refractivity contribution in [2.75, 3.05) is 13.1 Å². The van der Waals surface area contributed by atoms with Crippen LogP contribution in [0.4, 0.5) is 10.1 Å². The molecule has 0 amide bonds. The van der Waals surface area contributed by atoms with Gasteiger partial charge in [0.1, 0.15) is 5.82 Å². The van der Waals surface area contributed by atoms with Gasteiger partial charge in [-0.3, -0.25) is 15.0 Å². The largest absolute Gasteiger partial charge is 0.419 e. The Balaban J connectivity index is 1.28. The molecule has 1 aliphatic heterocycles. The number of nitro benzene ring substituents is 1. The Bertz CT molecular complexity index is 1300. The molecule has 1 saturated heterocycles. The highest BCUT2D eigenvalue weighted by molar-refractivity contribution is 5.55. The van der Waals surface area contributed by atoms with E-state index >= 15 is 0 Å². The maximum absolute atomic E-state index is 13.5. The lowest BCUT2D eigenvalue weighted by molar-refractivity contribution is -0.384. The molecule has 5 rings (SSSR count). The van der Waals surface area contributed by atoms with Crippen LogP contribution < -0.4 is 0 Å². The van der Waals surface area contributed by atoms with E-state index in [-0.39, 0.29) is 23.5 Å². The molecule has 0 spiro atoms. The fraction of sp³-hybridized carbons (Fsp3) is 0.304. The minimum absolute atomic E-state index is 0.00204. The predicted molar refractivity (Wildman–Crippen MR) is 118 cm³/mol. The number of nitro groups is 1. The third kappa shape index (κ3) is 4.42. The van der Waals surface area contributed by atoms with Crippen LogP contribution in [0, 0.1) is 15.9 Å². The average Bonchev–Trinajstić information content (AvgIpc) is 3.54. The molecule has 0 aliphatic carbocycles. The lowest BCUT2D eigenvalue weighted by atomic mass is 9.96. The molecule has 0 bridgehead atoms. The van der Waals surface area contributed by atoms with Gasteiger partial charge in [0.2, 0.25) is 23.5 Å². The van der Waals surface area contributed by atoms with Crippen molar-refractivity contribution in [2.45, 2.75) is 31.7 Å². The molecule has 0 saturated carbocycles. The Hall–Kier alpha value is -3.99. The lowest BCUT2D eigenvalue weighted by Gasteiger charge is -2.33. The lowest BCUT2D eigenvalue weighted by Crippen LogP contribution is -2.36. The van der Waals surface area contributed by atoms with E-state index in [1.165, 1.54) is 24.3 Å². The normalized spacial score (nSPS) is 17.5. The van der Waals surface area contributed by atoms with E-state index in [2.05, 4.69) is 25.2 Å². The Morgan fingerprint density at radius 3 is 2.76 bits per heavy atom. The number of nitrogens with zero attached hydrogens (tertiary/aromatic N) is 6. The number of halogens is 1. The number of benzene rings is 2. The number of non-ortho nitro benzene ring substituents is 1. The van der Waals surface area contributed by atoms with Crippen LogP contribution in [0.15, 0.2) is 57.5 Å². The first-order valence-electron chi connectivity index (χ1n) is 10.9. The summed E-state index contributed by atoms with van der Waals surface area (Å²) in [5, 5.41) is 23.2. The van der Waals surface area contributed by atoms with Crippen LogP contribution in [0.25, 0.3) is 22.8 Å². The number of aromatic nitrogens is 4. The fourth-order valence-electron chi connectivity index (χ4n) is 4.11. The quantitative estimate of drug-likeness (QED) is 0.293. The smallest absolute Gasteiger partial charge is 0.269 e. The molecule has 0 radical (unpaired) electrons. The van der Waals surface area contributed by atoms with E-state index in [1.807, 2.05) is 6.92 Å². The van der Waals surface area contributed by atoms with Crippen molar-refractivity contribution in [3.8, 4) is 22.8 Å². The van der Waals surface area contributed by atoms with Gasteiger partial charge in [-0.2, -0.15) is 4.98 Å². The topological polar surface area (TPSA) is 124 Å². The molecule has 174 valence electrons. The molecular formula is C23H21FN6O4. The molecule has 2 unspecified atom stereocenters. The van der Waals surface area contributed by atoms with Gasteiger partial charge in [-0.15, -0.1) is 10.2 Å². The Kier molecular flexibility index (Phi) is 5.84. The summed E-state index contributed by atoms with van der Waals surface area (Å²) in [5.41, 5.74) is 1.18. The van der Waals surface area contributed by atoms with Crippen LogP contribution in [0.2, 0.25) is 0 Å². The van der Waals surface area contributed by atoms with Crippen molar-refractivity contribution < 1.29 is 18.3 Å². The Morgan fingerprint density at radius 1 is 1.18 bits per heavy atom. The van der Waals surface area contributed by atoms with Gasteiger partial charge >= 0.3 is 0 Å². The summed E-state index contributed by atoms with van der Waals surface area (Å²) >= 11 is 0. The van der Waals surface area contributed by atoms with Gasteiger partial charge in [-0.1, -0.05) is 17.3 Å². The molecule has 1 aliphatic rings. The van der Waals surface area contributed by atoms with Crippen LogP contribution in [0.3, 0.4) is 0 Å². The summed E-state index contributed by atoms with van der Waals surface area (Å²) in [4.78, 5) is 17.1. The molecule has 1 fully saturated rings. The maximum Gasteiger partial charge on any atom is 0.269 e. The molecule has 2 atom stereocenters. The second-order valence-electron chi connectivity index (χ2n) is 8.23. The predicted octanol–water partition coefficient (Wildman–Crippen LogP) is 4.77. The van der Waals surface area contributed by atoms with Gasteiger partial charge in [0.25, 0.3) is 5.69 Å². The van der Waals surface area contributed by atoms with Crippen molar-refractivity contribution in [1.82, 2.24) is 25.2 Å². The van der Waals surface area contributed by atoms with Gasteiger partial charge in [0.15, 0.2) is 0 Å². The summed E-state index contributed by atoms with van der Waals surface area (Å²) < 4.78 is 24.9. The maximum atomic E-state index is 13.5. The highest BCUT2D eigenvalue weighted by Gasteiger charge is 2.31. The van der Waals surface area contributed by atoms with Crippen molar-refractivity contribution in [3.63, 3.8) is 0 Å². The monoisotopic (exact) mass is 464 g/mol. The molecule has 11 heteroatoms. The van der Waals surface area contributed by atoms with E-state index in [0.29, 0.717) is 41.2 Å². The molecular weight excluding hydrogens is 443 g/mol. The van der Waals surface area contributed by atoms with Crippen molar-refractivity contribution >= 4 is 5.69 Å². The number of piperidine rings is 1. The summed E-state index contributed by atoms with van der Waals surface area (Å²) in [5.74, 6) is 1.33. The SMILES string of the molecule is CC(c1nnc(-c2ccc([N+](=O)[O-])cc2)o1)N1CCCC(c2nc(-c3cccc(F)c3)no2)C1. The van der Waals surface area contributed by atoms with Crippen molar-refractivity contribution in [3.05, 3.63) is 76.2 Å². The number of likely N-dealkylation sites (tertiary alicyclic amines) is 1. The molecule has 4 aromatic rings. The van der Waals surface area contributed by atoms with E-state index in [4.69, 9.17) is 8.94 Å². The second kappa shape index (κ2) is 9.10. The molecule has 34 heavy (non-hydrogen) atoms. The first kappa shape index (κ1) is 21.8. The summed E-state index contributed by atoms with van der Waals surface area (Å²) in [6.45, 7) is 3.50. The van der Waals surface area contributed by atoms with Gasteiger partial charge in [0, 0.05) is 29.8 Å². The van der Waals surface area contributed by atoms with E-state index in [9.17, 15) is 14.5 Å². The van der Waals surface area contributed by atoms with Gasteiger partial charge in [-0.05, 0) is 50.6 Å². The van der Waals surface area contributed by atoms with Crippen LogP contribution in [0.1, 0.15) is 43.5 Å². The zero-order chi connectivity index (χ0) is 23.7. The molecule has 3 heterocycles. The third-order valence-corrected chi connectivity index (χ3v) is 6.00. The first-order chi connectivity index (χ1) is 16.5. The molecule has 10 nitrogen and oxygen atoms in total. The van der Waals surface area contributed by atoms with Gasteiger partial charge in [0.05, 0.1) is 16.9 Å². The third-order valence-electron chi connectivity index (χ3n) is 6.00. The van der Waals surface area contributed by atoms with Crippen LogP contribution in [-0.4, -0.2) is 43.3 Å². The van der Waals surface area contributed by atoms with E-state index < -0.39 is 4.92 Å². The number of hydrogen-bond acceptors (Lipinski definition) is 9. The number of rotatable bonds is 6. The standard InChI is InChI=1S/C23H21FN6O4/c1-14(21-26-27-23(33-21)15-7-9-19(10-8-15)30(31)32)29-11-3-5-17(13-29)22-25-20(28-34-22)16-4-2-6-18(24)12-16/h2,4,6-10,12,14,17H,3,5,11,13H2,1H3. The zero-order valence-electron chi connectivity index (χ0n) is 18.3. The van der Waals surface area contributed by atoms with Gasteiger partial charge < -0.3 is 8.94 Å². The second-order valence-corrected chi connectivity index (χ2v) is 8.23. The fourth-order valence-corrected chi connectivity index (χ4v) is 4.11. The van der Waals surface area contributed by atoms with Crippen molar-refractivity contribution in [2.24, 2.45) is 0 Å². The Labute approximate surface area is 193 Å². The number of hydrogen-bond donors (Lipinski definition) is 0. The minimum Gasteiger partial charge on any atom is -0.419 e. The highest BCUT2D eigenvalue weighted by atomic mass is 19.1. The summed E-state index contributed by atoms with van der Waals surface area (Å²) in [7, 11) is 0. The minimum atomic E-state index is -0.456. The van der Waals surface area contributed by atoms with Crippen LogP contribution in [0.5, 0.6) is 0 Å². The first-order valence-corrected chi connectivity index (χ1v) is 10.9. The van der Waals surface area contributed by atoms with E-state index in [1.54, 1.807) is 24.3 Å². The van der Waals surface area contributed by atoms with Crippen LogP contribution >= 0.6 is 0 Å². The average molecular weight is 464 g/mol. The van der Waals surface area contributed by atoms with E-state index in [0.717, 1.165) is 19.4 Å². The van der Waals surface area contributed by atoms with Gasteiger partial charge in [-0.25, -0.2) is 4.39 Å². The summed E-state index contributed by atoms with van der Waals surface area (Å²) in [6.07, 6.45) is 1.82. The van der Waals surface area contributed by atoms with Crippen molar-refractivity contribution in [1.29, 1.82) is 0 Å². The Morgan fingerprint density at radius 2 is 2.00 bits per heavy atom. The molecule has 0 N–H and O–H groups in total.